The molecule has 0 aromatic carbocycles. The lowest BCUT2D eigenvalue weighted by Crippen LogP contribution is -2.33. The maximum Gasteiger partial charge on any atom is 0.113 e. The van der Waals surface area contributed by atoms with Crippen molar-refractivity contribution in [1.82, 2.24) is 0 Å². The molecule has 4 unspecified atom stereocenters. The van der Waals surface area contributed by atoms with Crippen molar-refractivity contribution in [3.8, 4) is 0 Å². The number of hydrogen-bond acceptors (Lipinski definition) is 2. The summed E-state index contributed by atoms with van der Waals surface area (Å²) in [6, 6.07) is 0. The number of allylic oxidation sites excluding steroid dienone is 2. The van der Waals surface area contributed by atoms with E-state index in [1.807, 2.05) is 0 Å². The van der Waals surface area contributed by atoms with Crippen molar-refractivity contribution >= 4 is 0 Å². The van der Waals surface area contributed by atoms with E-state index in [0.717, 1.165) is 25.7 Å². The molecule has 1 heterocycles. The third-order valence-corrected chi connectivity index (χ3v) is 4.55. The van der Waals surface area contributed by atoms with Gasteiger partial charge in [0.15, 0.2) is 0 Å². The highest BCUT2D eigenvalue weighted by molar-refractivity contribution is 5.09. The second-order valence-electron chi connectivity index (χ2n) is 6.38. The zero-order valence-electron chi connectivity index (χ0n) is 11.6. The van der Waals surface area contributed by atoms with Crippen LogP contribution >= 0.6 is 0 Å². The Balaban J connectivity index is 2.14. The van der Waals surface area contributed by atoms with E-state index in [1.165, 1.54) is 5.57 Å². The van der Waals surface area contributed by atoms with Gasteiger partial charge in [-0.25, -0.2) is 0 Å². The number of hydrogen-bond donors (Lipinski definition) is 1. The summed E-state index contributed by atoms with van der Waals surface area (Å²) in [5.74, 6) is 0.883. The zero-order valence-corrected chi connectivity index (χ0v) is 11.6. The summed E-state index contributed by atoms with van der Waals surface area (Å²) < 4.78 is 5.79. The number of ether oxygens (including phenoxy) is 1. The van der Waals surface area contributed by atoms with Crippen LogP contribution < -0.4 is 0 Å². The van der Waals surface area contributed by atoms with Crippen LogP contribution in [0.3, 0.4) is 0 Å². The normalized spacial score (nSPS) is 42.9. The van der Waals surface area contributed by atoms with Crippen molar-refractivity contribution in [2.24, 2.45) is 11.8 Å². The third kappa shape index (κ3) is 2.74. The van der Waals surface area contributed by atoms with Crippen LogP contribution in [0.2, 0.25) is 0 Å². The molecule has 0 amide bonds. The van der Waals surface area contributed by atoms with Crippen LogP contribution in [-0.2, 0) is 4.74 Å². The van der Waals surface area contributed by atoms with E-state index >= 15 is 0 Å². The van der Waals surface area contributed by atoms with E-state index in [1.54, 1.807) is 0 Å². The minimum atomic E-state index is -0.286. The van der Waals surface area contributed by atoms with Gasteiger partial charge in [0.05, 0.1) is 11.7 Å². The Kier molecular flexibility index (Phi) is 3.65. The predicted molar refractivity (Wildman–Crippen MR) is 69.8 cm³/mol. The molecule has 0 aromatic rings. The summed E-state index contributed by atoms with van der Waals surface area (Å²) in [5, 5.41) is 10.5. The van der Waals surface area contributed by atoms with Gasteiger partial charge in [-0.2, -0.15) is 0 Å². The van der Waals surface area contributed by atoms with E-state index in [-0.39, 0.29) is 17.8 Å². The van der Waals surface area contributed by atoms with Crippen molar-refractivity contribution in [3.05, 3.63) is 11.6 Å². The Morgan fingerprint density at radius 2 is 2.18 bits per heavy atom. The van der Waals surface area contributed by atoms with E-state index < -0.39 is 0 Å². The topological polar surface area (TPSA) is 32.8 Å². The second kappa shape index (κ2) is 4.74. The highest BCUT2D eigenvalue weighted by atomic mass is 16.6. The molecule has 0 bridgehead atoms. The fourth-order valence-corrected chi connectivity index (χ4v) is 3.11. The summed E-state index contributed by atoms with van der Waals surface area (Å²) in [6.45, 7) is 8.76. The maximum atomic E-state index is 10.5. The van der Waals surface area contributed by atoms with E-state index in [9.17, 15) is 5.11 Å². The minimum Gasteiger partial charge on any atom is -0.390 e. The van der Waals surface area contributed by atoms with Gasteiger partial charge >= 0.3 is 0 Å². The first-order chi connectivity index (χ1) is 7.94. The SMILES string of the molecule is CC1=CCCC2(C)OC2C(O)C(C(C)C)CC1. The molecule has 0 spiro atoms. The van der Waals surface area contributed by atoms with Crippen LogP contribution in [-0.4, -0.2) is 22.9 Å². The van der Waals surface area contributed by atoms with Gasteiger partial charge in [0.25, 0.3) is 0 Å². The molecule has 2 nitrogen and oxygen atoms in total. The Hall–Kier alpha value is -0.340. The molecule has 17 heavy (non-hydrogen) atoms. The van der Waals surface area contributed by atoms with Crippen LogP contribution in [0, 0.1) is 11.8 Å². The van der Waals surface area contributed by atoms with E-state index in [2.05, 4.69) is 33.8 Å². The first kappa shape index (κ1) is 13.1. The lowest BCUT2D eigenvalue weighted by Gasteiger charge is -2.27. The van der Waals surface area contributed by atoms with Crippen molar-refractivity contribution < 1.29 is 9.84 Å². The monoisotopic (exact) mass is 238 g/mol. The third-order valence-electron chi connectivity index (χ3n) is 4.55. The summed E-state index contributed by atoms with van der Waals surface area (Å²) in [7, 11) is 0. The molecule has 0 radical (unpaired) electrons. The van der Waals surface area contributed by atoms with Gasteiger partial charge in [0.2, 0.25) is 0 Å². The van der Waals surface area contributed by atoms with E-state index in [0.29, 0.717) is 11.8 Å². The molecule has 4 atom stereocenters. The molecule has 1 fully saturated rings. The number of aliphatic hydroxyl groups is 1. The summed E-state index contributed by atoms with van der Waals surface area (Å²) in [4.78, 5) is 0. The molecule has 2 aliphatic rings. The first-order valence-electron chi connectivity index (χ1n) is 6.95. The van der Waals surface area contributed by atoms with Crippen molar-refractivity contribution in [2.45, 2.75) is 71.2 Å². The lowest BCUT2D eigenvalue weighted by molar-refractivity contribution is 0.0505. The maximum absolute atomic E-state index is 10.5. The van der Waals surface area contributed by atoms with Crippen LogP contribution in [0.15, 0.2) is 11.6 Å². The first-order valence-corrected chi connectivity index (χ1v) is 6.95. The largest absolute Gasteiger partial charge is 0.390 e. The van der Waals surface area contributed by atoms with Gasteiger partial charge < -0.3 is 9.84 Å². The van der Waals surface area contributed by atoms with Gasteiger partial charge in [-0.05, 0) is 51.4 Å². The zero-order chi connectivity index (χ0) is 12.6. The van der Waals surface area contributed by atoms with Crippen molar-refractivity contribution in [3.63, 3.8) is 0 Å². The summed E-state index contributed by atoms with van der Waals surface area (Å²) in [6.07, 6.45) is 6.45. The smallest absolute Gasteiger partial charge is 0.113 e. The molecule has 2 rings (SSSR count). The van der Waals surface area contributed by atoms with Crippen molar-refractivity contribution in [2.75, 3.05) is 0 Å². The summed E-state index contributed by atoms with van der Waals surface area (Å²) >= 11 is 0. The molecule has 1 N–H and O–H groups in total. The molecule has 98 valence electrons. The van der Waals surface area contributed by atoms with Gasteiger partial charge in [-0.15, -0.1) is 0 Å². The molecule has 1 aliphatic heterocycles. The predicted octanol–water partition coefficient (Wildman–Crippen LogP) is 3.30. The van der Waals surface area contributed by atoms with Gasteiger partial charge in [-0.3, -0.25) is 0 Å². The molecular formula is C15H26O2. The number of fused-ring (bicyclic) bond motifs is 1. The second-order valence-corrected chi connectivity index (χ2v) is 6.38. The van der Waals surface area contributed by atoms with Crippen LogP contribution in [0.5, 0.6) is 0 Å². The number of rotatable bonds is 1. The minimum absolute atomic E-state index is 0.0688. The van der Waals surface area contributed by atoms with Crippen LogP contribution in [0.1, 0.15) is 53.4 Å². The number of epoxide rings is 1. The van der Waals surface area contributed by atoms with Gasteiger partial charge in [0, 0.05) is 0 Å². The molecule has 0 aromatic heterocycles. The number of aliphatic hydroxyl groups excluding tert-OH is 1. The van der Waals surface area contributed by atoms with Crippen LogP contribution in [0.25, 0.3) is 0 Å². The highest BCUT2D eigenvalue weighted by Gasteiger charge is 2.57. The molecular weight excluding hydrogens is 212 g/mol. The molecule has 0 saturated carbocycles. The summed E-state index contributed by atoms with van der Waals surface area (Å²) in [5.41, 5.74) is 1.39. The van der Waals surface area contributed by atoms with E-state index in [4.69, 9.17) is 4.74 Å². The quantitative estimate of drug-likeness (QED) is 0.561. The fraction of sp³-hybridized carbons (Fsp3) is 0.867. The van der Waals surface area contributed by atoms with Crippen LogP contribution in [0.4, 0.5) is 0 Å². The lowest BCUT2D eigenvalue weighted by atomic mass is 9.80. The Bertz CT molecular complexity index is 308. The fourth-order valence-electron chi connectivity index (χ4n) is 3.11. The van der Waals surface area contributed by atoms with Crippen molar-refractivity contribution in [1.29, 1.82) is 0 Å². The Labute approximate surface area is 105 Å². The van der Waals surface area contributed by atoms with Gasteiger partial charge in [0.1, 0.15) is 6.10 Å². The highest BCUT2D eigenvalue weighted by Crippen LogP contribution is 2.46. The molecule has 2 heteroatoms. The Morgan fingerprint density at radius 3 is 2.82 bits per heavy atom. The van der Waals surface area contributed by atoms with Gasteiger partial charge in [-0.1, -0.05) is 25.5 Å². The molecule has 1 aliphatic carbocycles. The Morgan fingerprint density at radius 1 is 1.47 bits per heavy atom. The molecule has 1 saturated heterocycles. The standard InChI is InChI=1S/C15H26O2/c1-10(2)12-8-7-11(3)6-5-9-15(4)14(17-15)13(12)16/h6,10,12-14,16H,5,7-9H2,1-4H3. The average molecular weight is 238 g/mol. The average Bonchev–Trinajstić information content (AvgIpc) is 2.89.